The Hall–Kier alpha value is -0.330. The molecule has 4 atom stereocenters. The number of carbonyl (C=O) groups excluding carboxylic acids is 1. The van der Waals surface area contributed by atoms with Crippen molar-refractivity contribution in [3.05, 3.63) is 0 Å². The fourth-order valence-electron chi connectivity index (χ4n) is 5.31. The van der Waals surface area contributed by atoms with Crippen molar-refractivity contribution in [2.24, 2.45) is 28.6 Å². The van der Waals surface area contributed by atoms with Crippen LogP contribution in [0.4, 0.5) is 0 Å². The van der Waals surface area contributed by atoms with Crippen LogP contribution < -0.4 is 0 Å². The van der Waals surface area contributed by atoms with Gasteiger partial charge in [-0.25, -0.2) is 0 Å². The van der Waals surface area contributed by atoms with E-state index in [1.807, 2.05) is 0 Å². The van der Waals surface area contributed by atoms with Crippen LogP contribution in [-0.4, -0.2) is 5.78 Å². The lowest BCUT2D eigenvalue weighted by molar-refractivity contribution is -0.128. The number of carbonyl (C=O) groups is 1. The van der Waals surface area contributed by atoms with E-state index in [1.54, 1.807) is 0 Å². The fourth-order valence-corrected chi connectivity index (χ4v) is 5.31. The number of Topliss-reactive ketones (excluding diaryl/α,β-unsaturated/α-hetero) is 1. The first-order valence-corrected chi connectivity index (χ1v) is 7.49. The van der Waals surface area contributed by atoms with Gasteiger partial charge in [0.15, 0.2) is 0 Å². The van der Waals surface area contributed by atoms with E-state index in [0.29, 0.717) is 28.4 Å². The third-order valence-electron chi connectivity index (χ3n) is 6.95. The summed E-state index contributed by atoms with van der Waals surface area (Å²) in [5, 5.41) is 0. The van der Waals surface area contributed by atoms with E-state index in [0.717, 1.165) is 18.8 Å². The van der Waals surface area contributed by atoms with Crippen LogP contribution in [0, 0.1) is 28.6 Å². The topological polar surface area (TPSA) is 17.1 Å². The minimum atomic E-state index is 0.415. The Bertz CT molecular complexity index is 343. The molecule has 3 aliphatic rings. The maximum absolute atomic E-state index is 12.2. The molecule has 0 radical (unpaired) electrons. The lowest BCUT2D eigenvalue weighted by Gasteiger charge is -2.43. The molecule has 1 nitrogen and oxygen atoms in total. The summed E-state index contributed by atoms with van der Waals surface area (Å²) >= 11 is 0. The monoisotopic (exact) mass is 234 g/mol. The van der Waals surface area contributed by atoms with E-state index in [-0.39, 0.29) is 0 Å². The second kappa shape index (κ2) is 3.59. The summed E-state index contributed by atoms with van der Waals surface area (Å²) in [6.45, 7) is 7.39. The van der Waals surface area contributed by atoms with Crippen LogP contribution in [0.25, 0.3) is 0 Å². The average Bonchev–Trinajstić information content (AvgIpc) is 2.62. The predicted octanol–water partition coefficient (Wildman–Crippen LogP) is 4.21. The van der Waals surface area contributed by atoms with Gasteiger partial charge in [0.1, 0.15) is 5.78 Å². The standard InChI is InChI=1S/C16H26O/c1-15(2)11-8-9-16(15,3)13(10-11)12-6-4-5-7-14(12)17/h11-13H,4-10H2,1-3H3/t11-,12+,13-,16-/m0/s1. The van der Waals surface area contributed by atoms with Gasteiger partial charge in [-0.3, -0.25) is 4.79 Å². The first-order chi connectivity index (χ1) is 7.97. The van der Waals surface area contributed by atoms with Gasteiger partial charge in [-0.15, -0.1) is 0 Å². The Morgan fingerprint density at radius 2 is 1.88 bits per heavy atom. The second-order valence-electron chi connectivity index (χ2n) is 7.54. The Morgan fingerprint density at radius 3 is 2.41 bits per heavy atom. The highest BCUT2D eigenvalue weighted by atomic mass is 16.1. The lowest BCUT2D eigenvalue weighted by Crippen LogP contribution is -2.39. The van der Waals surface area contributed by atoms with E-state index >= 15 is 0 Å². The first kappa shape index (κ1) is 11.7. The van der Waals surface area contributed by atoms with Crippen LogP contribution in [0.5, 0.6) is 0 Å². The second-order valence-corrected chi connectivity index (χ2v) is 7.54. The summed E-state index contributed by atoms with van der Waals surface area (Å²) in [4.78, 5) is 12.2. The average molecular weight is 234 g/mol. The molecule has 0 saturated heterocycles. The van der Waals surface area contributed by atoms with Gasteiger partial charge < -0.3 is 0 Å². The third kappa shape index (κ3) is 1.40. The van der Waals surface area contributed by atoms with Gasteiger partial charge in [-0.05, 0) is 54.8 Å². The summed E-state index contributed by atoms with van der Waals surface area (Å²) in [5.41, 5.74) is 0.907. The molecule has 0 unspecified atom stereocenters. The van der Waals surface area contributed by atoms with Gasteiger partial charge in [-0.1, -0.05) is 27.2 Å². The number of fused-ring (bicyclic) bond motifs is 2. The maximum atomic E-state index is 12.2. The van der Waals surface area contributed by atoms with Crippen LogP contribution >= 0.6 is 0 Å². The van der Waals surface area contributed by atoms with E-state index in [1.165, 1.54) is 32.1 Å². The Morgan fingerprint density at radius 1 is 1.12 bits per heavy atom. The molecule has 3 saturated carbocycles. The zero-order chi connectivity index (χ0) is 12.3. The highest BCUT2D eigenvalue weighted by Gasteiger charge is 2.63. The van der Waals surface area contributed by atoms with Crippen molar-refractivity contribution in [3.8, 4) is 0 Å². The molecule has 2 bridgehead atoms. The molecular formula is C16H26O. The number of hydrogen-bond acceptors (Lipinski definition) is 1. The van der Waals surface area contributed by atoms with Crippen molar-refractivity contribution < 1.29 is 4.79 Å². The highest BCUT2D eigenvalue weighted by Crippen LogP contribution is 2.70. The summed E-state index contributed by atoms with van der Waals surface area (Å²) in [5.74, 6) is 2.58. The van der Waals surface area contributed by atoms with E-state index in [2.05, 4.69) is 20.8 Å². The Labute approximate surface area is 105 Å². The number of rotatable bonds is 1. The number of ketones is 1. The normalized spacial score (nSPS) is 48.6. The molecule has 0 aliphatic heterocycles. The molecular weight excluding hydrogens is 208 g/mol. The van der Waals surface area contributed by atoms with Gasteiger partial charge in [0.2, 0.25) is 0 Å². The largest absolute Gasteiger partial charge is 0.299 e. The molecule has 0 aromatic rings. The minimum Gasteiger partial charge on any atom is -0.299 e. The molecule has 0 aromatic heterocycles. The molecule has 17 heavy (non-hydrogen) atoms. The molecule has 0 N–H and O–H groups in total. The van der Waals surface area contributed by atoms with Crippen LogP contribution in [0.2, 0.25) is 0 Å². The van der Waals surface area contributed by atoms with E-state index < -0.39 is 0 Å². The van der Waals surface area contributed by atoms with Crippen LogP contribution in [0.1, 0.15) is 65.7 Å². The molecule has 3 fully saturated rings. The quantitative estimate of drug-likeness (QED) is 0.664. The summed E-state index contributed by atoms with van der Waals surface area (Å²) in [6, 6.07) is 0. The maximum Gasteiger partial charge on any atom is 0.136 e. The SMILES string of the molecule is CC1(C)[C@H]2CC[C@@]1(C)[C@H]([C@H]1CCCCC1=O)C2. The third-order valence-corrected chi connectivity index (χ3v) is 6.95. The van der Waals surface area contributed by atoms with Gasteiger partial charge in [0.05, 0.1) is 0 Å². The molecule has 96 valence electrons. The van der Waals surface area contributed by atoms with Crippen LogP contribution in [0.3, 0.4) is 0 Å². The van der Waals surface area contributed by atoms with Crippen molar-refractivity contribution >= 4 is 5.78 Å². The van der Waals surface area contributed by atoms with Crippen LogP contribution in [-0.2, 0) is 4.79 Å². The minimum absolute atomic E-state index is 0.415. The summed E-state index contributed by atoms with van der Waals surface area (Å²) in [7, 11) is 0. The molecule has 0 amide bonds. The molecule has 0 heterocycles. The van der Waals surface area contributed by atoms with Crippen molar-refractivity contribution in [1.82, 2.24) is 0 Å². The Balaban J connectivity index is 1.88. The molecule has 0 spiro atoms. The summed E-state index contributed by atoms with van der Waals surface area (Å²) in [6.07, 6.45) is 8.57. The number of hydrogen-bond donors (Lipinski definition) is 0. The molecule has 0 aromatic carbocycles. The van der Waals surface area contributed by atoms with Crippen molar-refractivity contribution in [2.75, 3.05) is 0 Å². The fraction of sp³-hybridized carbons (Fsp3) is 0.938. The van der Waals surface area contributed by atoms with Gasteiger partial charge in [0.25, 0.3) is 0 Å². The molecule has 3 rings (SSSR count). The van der Waals surface area contributed by atoms with Crippen molar-refractivity contribution in [2.45, 2.75) is 65.7 Å². The first-order valence-electron chi connectivity index (χ1n) is 7.49. The zero-order valence-corrected chi connectivity index (χ0v) is 11.6. The lowest BCUT2D eigenvalue weighted by atomic mass is 9.61. The Kier molecular flexibility index (Phi) is 2.48. The zero-order valence-electron chi connectivity index (χ0n) is 11.6. The van der Waals surface area contributed by atoms with Gasteiger partial charge in [0, 0.05) is 12.3 Å². The highest BCUT2D eigenvalue weighted by molar-refractivity contribution is 5.82. The van der Waals surface area contributed by atoms with Crippen molar-refractivity contribution in [1.29, 1.82) is 0 Å². The van der Waals surface area contributed by atoms with Crippen molar-refractivity contribution in [3.63, 3.8) is 0 Å². The van der Waals surface area contributed by atoms with Gasteiger partial charge in [-0.2, -0.15) is 0 Å². The smallest absolute Gasteiger partial charge is 0.136 e. The summed E-state index contributed by atoms with van der Waals surface area (Å²) < 4.78 is 0. The van der Waals surface area contributed by atoms with E-state index in [4.69, 9.17) is 0 Å². The van der Waals surface area contributed by atoms with E-state index in [9.17, 15) is 4.79 Å². The predicted molar refractivity (Wildman–Crippen MR) is 69.7 cm³/mol. The van der Waals surface area contributed by atoms with Gasteiger partial charge >= 0.3 is 0 Å². The molecule has 3 aliphatic carbocycles. The van der Waals surface area contributed by atoms with Crippen LogP contribution in [0.15, 0.2) is 0 Å². The molecule has 1 heteroatoms.